The second-order valence-corrected chi connectivity index (χ2v) is 18.5. The Hall–Kier alpha value is -2.99. The Labute approximate surface area is 320 Å². The van der Waals surface area contributed by atoms with E-state index in [0.717, 1.165) is 48.6 Å². The van der Waals surface area contributed by atoms with Gasteiger partial charge < -0.3 is 10.5 Å². The Morgan fingerprint density at radius 2 is 1.55 bits per heavy atom. The van der Waals surface area contributed by atoms with E-state index < -0.39 is 11.1 Å². The quantitative estimate of drug-likeness (QED) is 0.0952. The molecule has 1 unspecified atom stereocenters. The van der Waals surface area contributed by atoms with Crippen molar-refractivity contribution in [2.45, 2.75) is 65.8 Å². The smallest absolute Gasteiger partial charge is 0.339 e. The van der Waals surface area contributed by atoms with Gasteiger partial charge in [0.25, 0.3) is 11.1 Å². The Morgan fingerprint density at radius 1 is 0.941 bits per heavy atom. The number of anilines is 1. The molecule has 0 aliphatic carbocycles. The summed E-state index contributed by atoms with van der Waals surface area (Å²) in [5, 5.41) is -3.22. The fraction of sp³-hybridized carbons (Fsp3) is 0.424. The van der Waals surface area contributed by atoms with Crippen LogP contribution in [-0.4, -0.2) is 54.0 Å². The molecule has 0 saturated carbocycles. The number of rotatable bonds is 5. The number of aryl methyl sites for hydroxylation is 3. The maximum Gasteiger partial charge on any atom is 0.339 e. The summed E-state index contributed by atoms with van der Waals surface area (Å²) in [6.45, 7) is 6.38. The number of pyridine rings is 2. The summed E-state index contributed by atoms with van der Waals surface area (Å²) in [6.07, 6.45) is 8.29. The molecule has 12 nitrogen and oxygen atoms in total. The number of nitrogen functional groups attached to an aromatic ring is 1. The van der Waals surface area contributed by atoms with Crippen LogP contribution < -0.4 is 16.9 Å². The molecule has 1 fully saturated rings. The Kier molecular flexibility index (Phi) is 19.2. The van der Waals surface area contributed by atoms with Crippen molar-refractivity contribution in [2.24, 2.45) is 5.92 Å². The molecule has 1 saturated heterocycles. The van der Waals surface area contributed by atoms with E-state index in [-0.39, 0.29) is 22.9 Å². The third-order valence-corrected chi connectivity index (χ3v) is 7.80. The molecule has 2 aliphatic rings. The van der Waals surface area contributed by atoms with Crippen LogP contribution in [0.15, 0.2) is 58.4 Å². The van der Waals surface area contributed by atoms with Gasteiger partial charge in [-0.3, -0.25) is 32.7 Å². The monoisotopic (exact) mass is 822 g/mol. The first kappa shape index (κ1) is 44.2. The minimum absolute atomic E-state index is 0.0150. The number of ether oxygens (including phenoxy) is 1. The van der Waals surface area contributed by atoms with Crippen molar-refractivity contribution < 1.29 is 18.9 Å². The van der Waals surface area contributed by atoms with E-state index in [0.29, 0.717) is 54.7 Å². The molecular formula is C33H40Cl5N6O6P. The number of alkyl halides is 2. The van der Waals surface area contributed by atoms with Gasteiger partial charge in [0.2, 0.25) is 0 Å². The molecule has 278 valence electrons. The summed E-state index contributed by atoms with van der Waals surface area (Å²) in [7, 11) is 0. The SMILES string of the molecule is CC(=O)C1CCOC1=O.Cc1nc2ccccn2c(=O)c1CCCl.Cc1nc2n(c(=O)c1CCCl)CCCC2.Nc1ccccn1.O=P(Cl)(Cl)Cl. The molecule has 0 aromatic carbocycles. The number of fused-ring (bicyclic) bond motifs is 2. The first-order valence-electron chi connectivity index (χ1n) is 15.8. The summed E-state index contributed by atoms with van der Waals surface area (Å²) >= 11 is 25.2. The van der Waals surface area contributed by atoms with Crippen molar-refractivity contribution in [2.75, 3.05) is 24.1 Å². The van der Waals surface area contributed by atoms with Crippen molar-refractivity contribution in [3.8, 4) is 0 Å². The van der Waals surface area contributed by atoms with Gasteiger partial charge in [-0.15, -0.1) is 23.2 Å². The molecule has 4 aromatic rings. The highest BCUT2D eigenvalue weighted by Crippen LogP contribution is 2.61. The molecule has 0 radical (unpaired) electrons. The highest BCUT2D eigenvalue weighted by molar-refractivity contribution is 8.24. The standard InChI is InChI=1S/C11H15ClN2O.C11H11ClN2O.C6H8O3.C5H6N2.Cl3OP/c2*1-8-9(5-6-12)11(15)14-7-3-2-4-10(14)13-8;1-4(7)5-2-3-9-6(5)8;6-5-3-1-2-4-7-5;1-5(2,3)4/h2-7H2,1H3;2-4,7H,5-6H2,1H3;5H,2-3H2,1H3;1-4H,(H2,6,7);. The number of nitrogens with two attached hydrogens (primary N) is 1. The predicted molar refractivity (Wildman–Crippen MR) is 205 cm³/mol. The molecular weight excluding hydrogens is 785 g/mol. The summed E-state index contributed by atoms with van der Waals surface area (Å²) in [5.41, 5.74) is 9.15. The highest BCUT2D eigenvalue weighted by atomic mass is 36.0. The number of aromatic nitrogens is 5. The normalized spacial score (nSPS) is 14.5. The molecule has 0 spiro atoms. The van der Waals surface area contributed by atoms with Crippen LogP contribution in [0.2, 0.25) is 0 Å². The molecule has 2 aliphatic heterocycles. The second kappa shape index (κ2) is 22.2. The van der Waals surface area contributed by atoms with Crippen molar-refractivity contribution in [1.29, 1.82) is 0 Å². The Morgan fingerprint density at radius 3 is 2.04 bits per heavy atom. The minimum Gasteiger partial charge on any atom is -0.465 e. The van der Waals surface area contributed by atoms with Crippen molar-refractivity contribution in [3.05, 3.63) is 97.8 Å². The number of hydrogen-bond acceptors (Lipinski definition) is 10. The maximum atomic E-state index is 12.1. The van der Waals surface area contributed by atoms with Crippen LogP contribution in [-0.2, 0) is 44.7 Å². The molecule has 4 aromatic heterocycles. The first-order valence-corrected chi connectivity index (χ1v) is 21.3. The van der Waals surface area contributed by atoms with Gasteiger partial charge in [0.15, 0.2) is 0 Å². The third-order valence-electron chi connectivity index (χ3n) is 7.42. The molecule has 1 atom stereocenters. The van der Waals surface area contributed by atoms with E-state index in [1.54, 1.807) is 22.9 Å². The van der Waals surface area contributed by atoms with Crippen molar-refractivity contribution in [3.63, 3.8) is 0 Å². The first-order chi connectivity index (χ1) is 24.1. The summed E-state index contributed by atoms with van der Waals surface area (Å²) in [6, 6.07) is 10.9. The molecule has 6 heterocycles. The largest absolute Gasteiger partial charge is 0.465 e. The number of carbonyl (C=O) groups is 2. The topological polar surface area (TPSA) is 169 Å². The lowest BCUT2D eigenvalue weighted by molar-refractivity contribution is -0.144. The molecule has 0 amide bonds. The average Bonchev–Trinajstić information content (AvgIpc) is 3.52. The van der Waals surface area contributed by atoms with Gasteiger partial charge in [-0.05, 0) is 104 Å². The molecule has 51 heavy (non-hydrogen) atoms. The van der Waals surface area contributed by atoms with Gasteiger partial charge in [-0.1, -0.05) is 12.1 Å². The maximum absolute atomic E-state index is 12.1. The number of Topliss-reactive ketones (excluding diaryl/α,β-unsaturated/α-hetero) is 1. The zero-order valence-electron chi connectivity index (χ0n) is 28.4. The fourth-order valence-corrected chi connectivity index (χ4v) is 5.35. The molecule has 18 heteroatoms. The van der Waals surface area contributed by atoms with Crippen LogP contribution in [0, 0.1) is 19.8 Å². The fourth-order valence-electron chi connectivity index (χ4n) is 4.97. The zero-order chi connectivity index (χ0) is 38.1. The average molecular weight is 825 g/mol. The van der Waals surface area contributed by atoms with Crippen LogP contribution in [0.25, 0.3) is 5.65 Å². The molecule has 6 rings (SSSR count). The van der Waals surface area contributed by atoms with Gasteiger partial charge >= 0.3 is 11.2 Å². The Bertz CT molecular complexity index is 1910. The van der Waals surface area contributed by atoms with E-state index >= 15 is 0 Å². The number of ketones is 1. The van der Waals surface area contributed by atoms with E-state index in [2.05, 4.69) is 53.4 Å². The Balaban J connectivity index is 0.000000234. The van der Waals surface area contributed by atoms with Crippen LogP contribution >= 0.6 is 62.1 Å². The van der Waals surface area contributed by atoms with Crippen LogP contribution in [0.1, 0.15) is 54.5 Å². The number of cyclic esters (lactones) is 1. The van der Waals surface area contributed by atoms with E-state index in [1.165, 1.54) is 6.92 Å². The summed E-state index contributed by atoms with van der Waals surface area (Å²) < 4.78 is 17.4. The van der Waals surface area contributed by atoms with E-state index in [1.807, 2.05) is 48.7 Å². The summed E-state index contributed by atoms with van der Waals surface area (Å²) in [5.74, 6) is 1.53. The van der Waals surface area contributed by atoms with Crippen molar-refractivity contribution in [1.82, 2.24) is 23.9 Å². The zero-order valence-corrected chi connectivity index (χ0v) is 33.0. The lowest BCUT2D eigenvalue weighted by Crippen LogP contribution is -2.32. The van der Waals surface area contributed by atoms with Crippen molar-refractivity contribution >= 4 is 85.3 Å². The number of halogens is 5. The number of carbonyl (C=O) groups excluding carboxylic acids is 2. The van der Waals surface area contributed by atoms with E-state index in [9.17, 15) is 23.7 Å². The second-order valence-electron chi connectivity index (χ2n) is 11.1. The lowest BCUT2D eigenvalue weighted by Gasteiger charge is -2.19. The highest BCUT2D eigenvalue weighted by Gasteiger charge is 2.30. The predicted octanol–water partition coefficient (Wildman–Crippen LogP) is 7.07. The van der Waals surface area contributed by atoms with Gasteiger partial charge in [0, 0.05) is 66.1 Å². The van der Waals surface area contributed by atoms with Gasteiger partial charge in [-0.25, -0.2) is 15.0 Å². The van der Waals surface area contributed by atoms with Crippen LogP contribution in [0.4, 0.5) is 5.82 Å². The summed E-state index contributed by atoms with van der Waals surface area (Å²) in [4.78, 5) is 57.8. The molecule has 2 N–H and O–H groups in total. The van der Waals surface area contributed by atoms with Crippen LogP contribution in [0.5, 0.6) is 0 Å². The van der Waals surface area contributed by atoms with Gasteiger partial charge in [0.05, 0.1) is 6.61 Å². The van der Waals surface area contributed by atoms with Gasteiger partial charge in [0.1, 0.15) is 29.0 Å². The van der Waals surface area contributed by atoms with Crippen LogP contribution in [0.3, 0.4) is 0 Å². The number of esters is 1. The number of hydrogen-bond donors (Lipinski definition) is 1. The third kappa shape index (κ3) is 15.3. The lowest BCUT2D eigenvalue weighted by atomic mass is 10.1. The minimum atomic E-state index is -3.22. The van der Waals surface area contributed by atoms with Gasteiger partial charge in [-0.2, -0.15) is 0 Å². The molecule has 0 bridgehead atoms. The van der Waals surface area contributed by atoms with E-state index in [4.69, 9.17) is 28.9 Å². The number of nitrogens with zero attached hydrogens (tertiary/aromatic N) is 5.